The van der Waals surface area contributed by atoms with Gasteiger partial charge < -0.3 is 20.1 Å². The molecule has 0 saturated heterocycles. The van der Waals surface area contributed by atoms with E-state index < -0.39 is 36.2 Å². The van der Waals surface area contributed by atoms with Crippen molar-refractivity contribution < 1.29 is 19.1 Å². The van der Waals surface area contributed by atoms with Gasteiger partial charge in [-0.1, -0.05) is 36.6 Å². The number of hydrogen-bond acceptors (Lipinski definition) is 6. The Labute approximate surface area is 211 Å². The molecule has 1 aliphatic rings. The number of anilines is 1. The van der Waals surface area contributed by atoms with Gasteiger partial charge in [-0.15, -0.1) is 0 Å². The molecule has 2 N–H and O–H groups in total. The first-order valence-corrected chi connectivity index (χ1v) is 11.9. The van der Waals surface area contributed by atoms with E-state index in [2.05, 4.69) is 10.6 Å². The van der Waals surface area contributed by atoms with Crippen LogP contribution in [-0.2, 0) is 22.7 Å². The number of hydrogen-bond donors (Lipinski definition) is 2. The molecular weight excluding hydrogens is 488 g/mol. The number of benzene rings is 2. The molecule has 0 unspecified atom stereocenters. The number of nitrogens with one attached hydrogen (secondary N) is 2. The molecule has 4 rings (SSSR count). The number of carbonyl (C=O) groups excluding carboxylic acids is 2. The molecule has 10 nitrogen and oxygen atoms in total. The lowest BCUT2D eigenvalue weighted by Gasteiger charge is -2.16. The van der Waals surface area contributed by atoms with Crippen LogP contribution in [0.1, 0.15) is 25.7 Å². The number of carbonyl (C=O) groups is 2. The zero-order chi connectivity index (χ0) is 25.8. The third-order valence-corrected chi connectivity index (χ3v) is 6.50. The number of amides is 2. The molecular formula is C25H27ClN4O6. The summed E-state index contributed by atoms with van der Waals surface area (Å²) in [6.07, 6.45) is 3.82. The Balaban J connectivity index is 1.65. The fraction of sp³-hybridized carbons (Fsp3) is 0.360. The van der Waals surface area contributed by atoms with Gasteiger partial charge in [-0.05, 0) is 31.0 Å². The van der Waals surface area contributed by atoms with Gasteiger partial charge >= 0.3 is 5.69 Å². The van der Waals surface area contributed by atoms with Gasteiger partial charge in [0.05, 0.1) is 35.8 Å². The highest BCUT2D eigenvalue weighted by Crippen LogP contribution is 2.35. The van der Waals surface area contributed by atoms with Crippen LogP contribution in [0.5, 0.6) is 11.5 Å². The Hall–Kier alpha value is -3.79. The zero-order valence-corrected chi connectivity index (χ0v) is 20.8. The predicted octanol–water partition coefficient (Wildman–Crippen LogP) is 2.53. The number of nitrogens with zero attached hydrogens (tertiary/aromatic N) is 2. The fourth-order valence-electron chi connectivity index (χ4n) is 4.44. The number of fused-ring (bicyclic) bond motifs is 1. The lowest BCUT2D eigenvalue weighted by atomic mass is 10.2. The molecule has 0 bridgehead atoms. The largest absolute Gasteiger partial charge is 0.495 e. The average molecular weight is 515 g/mol. The number of para-hydroxylation sites is 1. The van der Waals surface area contributed by atoms with Crippen molar-refractivity contribution in [3.63, 3.8) is 0 Å². The molecule has 190 valence electrons. The maximum absolute atomic E-state index is 13.3. The van der Waals surface area contributed by atoms with E-state index in [4.69, 9.17) is 21.1 Å². The van der Waals surface area contributed by atoms with Crippen LogP contribution in [0, 0.1) is 0 Å². The number of halogens is 1. The summed E-state index contributed by atoms with van der Waals surface area (Å²) in [6.45, 7) is -0.834. The summed E-state index contributed by atoms with van der Waals surface area (Å²) < 4.78 is 12.5. The van der Waals surface area contributed by atoms with Gasteiger partial charge in [0.2, 0.25) is 11.8 Å². The van der Waals surface area contributed by atoms with E-state index in [0.29, 0.717) is 11.5 Å². The number of rotatable bonds is 8. The Kier molecular flexibility index (Phi) is 7.64. The summed E-state index contributed by atoms with van der Waals surface area (Å²) in [7, 11) is 2.89. The van der Waals surface area contributed by atoms with Crippen molar-refractivity contribution in [3.05, 3.63) is 62.3 Å². The molecule has 2 amide bonds. The Morgan fingerprint density at radius 2 is 1.64 bits per heavy atom. The van der Waals surface area contributed by atoms with Gasteiger partial charge in [-0.2, -0.15) is 0 Å². The van der Waals surface area contributed by atoms with Gasteiger partial charge in [0.1, 0.15) is 24.6 Å². The first kappa shape index (κ1) is 25.3. The normalized spacial score (nSPS) is 13.5. The molecule has 1 aromatic heterocycles. The van der Waals surface area contributed by atoms with Crippen molar-refractivity contribution in [2.45, 2.75) is 44.8 Å². The first-order valence-electron chi connectivity index (χ1n) is 11.6. The lowest BCUT2D eigenvalue weighted by molar-refractivity contribution is -0.122. The summed E-state index contributed by atoms with van der Waals surface area (Å²) in [5.74, 6) is -0.278. The van der Waals surface area contributed by atoms with Crippen LogP contribution >= 0.6 is 11.6 Å². The first-order chi connectivity index (χ1) is 17.3. The van der Waals surface area contributed by atoms with Crippen molar-refractivity contribution in [3.8, 4) is 11.5 Å². The SMILES string of the molecule is COc1cc(OC)c(NC(=O)Cn2c(=O)n(CC(=O)NC3CCCC3)c(=O)c3ccccc32)cc1Cl. The standard InChI is InChI=1S/C25H27ClN4O6/c1-35-20-12-21(36-2)18(11-17(20)26)28-23(32)13-29-19-10-6-5-9-16(19)24(33)30(25(29)34)14-22(31)27-15-7-3-4-8-15/h5-6,9-12,15H,3-4,7-8,13-14H2,1-2H3,(H,27,31)(H,28,32). The Morgan fingerprint density at radius 3 is 2.33 bits per heavy atom. The maximum atomic E-state index is 13.3. The Morgan fingerprint density at radius 1 is 0.972 bits per heavy atom. The van der Waals surface area contributed by atoms with E-state index in [-0.39, 0.29) is 27.7 Å². The molecule has 3 aromatic rings. The van der Waals surface area contributed by atoms with Gasteiger partial charge in [0.25, 0.3) is 5.56 Å². The number of ether oxygens (including phenoxy) is 2. The minimum Gasteiger partial charge on any atom is -0.495 e. The molecule has 0 aliphatic heterocycles. The number of aromatic nitrogens is 2. The van der Waals surface area contributed by atoms with E-state index in [1.165, 1.54) is 30.9 Å². The monoisotopic (exact) mass is 514 g/mol. The topological polar surface area (TPSA) is 121 Å². The van der Waals surface area contributed by atoms with Gasteiger partial charge in [0, 0.05) is 12.1 Å². The minimum atomic E-state index is -0.754. The van der Waals surface area contributed by atoms with E-state index >= 15 is 0 Å². The van der Waals surface area contributed by atoms with Crippen LogP contribution in [0.25, 0.3) is 10.9 Å². The quantitative estimate of drug-likeness (QED) is 0.476. The number of methoxy groups -OCH3 is 2. The molecule has 1 heterocycles. The molecule has 0 spiro atoms. The third kappa shape index (κ3) is 5.23. The molecule has 36 heavy (non-hydrogen) atoms. The summed E-state index contributed by atoms with van der Waals surface area (Å²) in [5, 5.41) is 6.06. The predicted molar refractivity (Wildman–Crippen MR) is 136 cm³/mol. The van der Waals surface area contributed by atoms with Crippen LogP contribution < -0.4 is 31.4 Å². The van der Waals surface area contributed by atoms with E-state index in [1.807, 2.05) is 0 Å². The van der Waals surface area contributed by atoms with Crippen LogP contribution in [0.4, 0.5) is 5.69 Å². The average Bonchev–Trinajstić information content (AvgIpc) is 3.37. The van der Waals surface area contributed by atoms with E-state index in [0.717, 1.165) is 30.3 Å². The van der Waals surface area contributed by atoms with Gasteiger partial charge in [0.15, 0.2) is 0 Å². The van der Waals surface area contributed by atoms with E-state index in [1.54, 1.807) is 24.3 Å². The zero-order valence-electron chi connectivity index (χ0n) is 20.0. The molecule has 0 radical (unpaired) electrons. The van der Waals surface area contributed by atoms with Crippen molar-refractivity contribution in [1.29, 1.82) is 0 Å². The highest BCUT2D eigenvalue weighted by Gasteiger charge is 2.21. The third-order valence-electron chi connectivity index (χ3n) is 6.20. The summed E-state index contributed by atoms with van der Waals surface area (Å²) >= 11 is 6.19. The molecule has 11 heteroatoms. The fourth-order valence-corrected chi connectivity index (χ4v) is 4.68. The molecule has 0 atom stereocenters. The second kappa shape index (κ2) is 10.9. The van der Waals surface area contributed by atoms with Gasteiger partial charge in [-0.3, -0.25) is 23.5 Å². The molecule has 1 saturated carbocycles. The van der Waals surface area contributed by atoms with Crippen molar-refractivity contribution >= 4 is 40.0 Å². The van der Waals surface area contributed by atoms with Crippen molar-refractivity contribution in [1.82, 2.24) is 14.5 Å². The molecule has 1 aliphatic carbocycles. The van der Waals surface area contributed by atoms with Crippen LogP contribution in [0.2, 0.25) is 5.02 Å². The van der Waals surface area contributed by atoms with Gasteiger partial charge in [-0.25, -0.2) is 4.79 Å². The maximum Gasteiger partial charge on any atom is 0.332 e. The lowest BCUT2D eigenvalue weighted by Crippen LogP contribution is -2.46. The highest BCUT2D eigenvalue weighted by atomic mass is 35.5. The summed E-state index contributed by atoms with van der Waals surface area (Å²) in [4.78, 5) is 52.0. The van der Waals surface area contributed by atoms with Crippen LogP contribution in [-0.4, -0.2) is 41.2 Å². The minimum absolute atomic E-state index is 0.0490. The van der Waals surface area contributed by atoms with Crippen molar-refractivity contribution in [2.75, 3.05) is 19.5 Å². The molecule has 1 fully saturated rings. The second-order valence-electron chi connectivity index (χ2n) is 8.56. The summed E-state index contributed by atoms with van der Waals surface area (Å²) in [6, 6.07) is 9.52. The smallest absolute Gasteiger partial charge is 0.332 e. The summed E-state index contributed by atoms with van der Waals surface area (Å²) in [5.41, 5.74) is -0.766. The van der Waals surface area contributed by atoms with Crippen LogP contribution in [0.3, 0.4) is 0 Å². The van der Waals surface area contributed by atoms with Crippen LogP contribution in [0.15, 0.2) is 46.0 Å². The highest BCUT2D eigenvalue weighted by molar-refractivity contribution is 6.32. The van der Waals surface area contributed by atoms with E-state index in [9.17, 15) is 19.2 Å². The molecule has 2 aromatic carbocycles. The second-order valence-corrected chi connectivity index (χ2v) is 8.97. The van der Waals surface area contributed by atoms with Crippen molar-refractivity contribution in [2.24, 2.45) is 0 Å². The Bertz CT molecular complexity index is 1420.